The van der Waals surface area contributed by atoms with Gasteiger partial charge in [-0.2, -0.15) is 0 Å². The minimum absolute atomic E-state index is 0.00654. The molecule has 0 radical (unpaired) electrons. The lowest BCUT2D eigenvalue weighted by Gasteiger charge is -2.15. The van der Waals surface area contributed by atoms with Crippen LogP contribution in [0.4, 0.5) is 11.5 Å². The van der Waals surface area contributed by atoms with Gasteiger partial charge in [0, 0.05) is 12.1 Å². The van der Waals surface area contributed by atoms with E-state index in [1.165, 1.54) is 13.4 Å². The highest BCUT2D eigenvalue weighted by Crippen LogP contribution is 2.19. The van der Waals surface area contributed by atoms with E-state index >= 15 is 0 Å². The van der Waals surface area contributed by atoms with Crippen LogP contribution in [0.3, 0.4) is 0 Å². The van der Waals surface area contributed by atoms with Crippen LogP contribution in [0.15, 0.2) is 67.0 Å². The van der Waals surface area contributed by atoms with Crippen molar-refractivity contribution in [2.45, 2.75) is 13.0 Å². The molecule has 0 saturated heterocycles. The van der Waals surface area contributed by atoms with E-state index in [9.17, 15) is 9.59 Å². The summed E-state index contributed by atoms with van der Waals surface area (Å²) in [6, 6.07) is 18.1. The van der Waals surface area contributed by atoms with E-state index < -0.39 is 11.9 Å². The van der Waals surface area contributed by atoms with Crippen LogP contribution in [-0.4, -0.2) is 29.0 Å². The van der Waals surface area contributed by atoms with Gasteiger partial charge in [0.2, 0.25) is 0 Å². The lowest BCUT2D eigenvalue weighted by Crippen LogP contribution is -2.17. The highest BCUT2D eigenvalue weighted by molar-refractivity contribution is 6.07. The van der Waals surface area contributed by atoms with Gasteiger partial charge in [0.15, 0.2) is 0 Å². The summed E-state index contributed by atoms with van der Waals surface area (Å²) in [6.07, 6.45) is 1.32. The zero-order chi connectivity index (χ0) is 19.9. The van der Waals surface area contributed by atoms with Crippen LogP contribution in [0.2, 0.25) is 0 Å². The minimum atomic E-state index is -0.530. The third-order valence-electron chi connectivity index (χ3n) is 4.14. The Morgan fingerprint density at radius 1 is 1.00 bits per heavy atom. The number of hydrogen-bond donors (Lipinski definition) is 2. The molecular weight excluding hydrogens is 356 g/mol. The summed E-state index contributed by atoms with van der Waals surface area (Å²) in [7, 11) is 1.29. The van der Waals surface area contributed by atoms with Crippen molar-refractivity contribution in [3.63, 3.8) is 0 Å². The predicted octanol–water partition coefficient (Wildman–Crippen LogP) is 3.69. The monoisotopic (exact) mass is 376 g/mol. The second-order valence-corrected chi connectivity index (χ2v) is 6.06. The van der Waals surface area contributed by atoms with E-state index in [2.05, 4.69) is 20.6 Å². The summed E-state index contributed by atoms with van der Waals surface area (Å²) in [4.78, 5) is 32.7. The van der Waals surface area contributed by atoms with Gasteiger partial charge in [-0.15, -0.1) is 0 Å². The number of nitrogens with zero attached hydrogens (tertiary/aromatic N) is 2. The number of aromatic nitrogens is 2. The third kappa shape index (κ3) is 4.50. The summed E-state index contributed by atoms with van der Waals surface area (Å²) in [5, 5.41) is 5.95. The van der Waals surface area contributed by atoms with Gasteiger partial charge in [-0.05, 0) is 24.6 Å². The molecule has 28 heavy (non-hydrogen) atoms. The smallest absolute Gasteiger partial charge is 0.339 e. The maximum atomic E-state index is 12.6. The van der Waals surface area contributed by atoms with E-state index in [-0.39, 0.29) is 17.3 Å². The predicted molar refractivity (Wildman–Crippen MR) is 106 cm³/mol. The van der Waals surface area contributed by atoms with Crippen LogP contribution in [-0.2, 0) is 4.74 Å². The van der Waals surface area contributed by atoms with E-state index in [4.69, 9.17) is 4.74 Å². The molecule has 3 aromatic rings. The number of rotatable bonds is 6. The molecule has 0 aliphatic heterocycles. The average Bonchev–Trinajstić information content (AvgIpc) is 2.74. The molecule has 7 heteroatoms. The molecule has 1 heterocycles. The largest absolute Gasteiger partial charge is 0.465 e. The Morgan fingerprint density at radius 2 is 1.71 bits per heavy atom. The number of carbonyl (C=O) groups is 2. The van der Waals surface area contributed by atoms with Crippen molar-refractivity contribution in [3.05, 3.63) is 83.8 Å². The molecule has 0 spiro atoms. The molecule has 0 aliphatic rings. The first-order valence-electron chi connectivity index (χ1n) is 8.70. The molecule has 2 N–H and O–H groups in total. The van der Waals surface area contributed by atoms with Crippen molar-refractivity contribution < 1.29 is 14.3 Å². The van der Waals surface area contributed by atoms with Crippen LogP contribution < -0.4 is 10.6 Å². The summed E-state index contributed by atoms with van der Waals surface area (Å²) in [5.41, 5.74) is 1.89. The Bertz CT molecular complexity index is 976. The van der Waals surface area contributed by atoms with Crippen LogP contribution in [0.5, 0.6) is 0 Å². The number of carbonyl (C=O) groups excluding carboxylic acids is 2. The minimum Gasteiger partial charge on any atom is -0.465 e. The van der Waals surface area contributed by atoms with Crippen molar-refractivity contribution in [1.29, 1.82) is 0 Å². The quantitative estimate of drug-likeness (QED) is 0.638. The highest BCUT2D eigenvalue weighted by atomic mass is 16.5. The van der Waals surface area contributed by atoms with Crippen LogP contribution >= 0.6 is 0 Å². The Labute approximate surface area is 162 Å². The van der Waals surface area contributed by atoms with E-state index in [1.54, 1.807) is 30.3 Å². The Balaban J connectivity index is 1.75. The highest BCUT2D eigenvalue weighted by Gasteiger charge is 2.16. The van der Waals surface area contributed by atoms with Crippen molar-refractivity contribution in [1.82, 2.24) is 9.97 Å². The molecule has 0 saturated carbocycles. The Kier molecular flexibility index (Phi) is 5.96. The van der Waals surface area contributed by atoms with Crippen LogP contribution in [0.1, 0.15) is 39.4 Å². The molecule has 1 unspecified atom stereocenters. The lowest BCUT2D eigenvalue weighted by molar-refractivity contribution is 0.0602. The van der Waals surface area contributed by atoms with Crippen molar-refractivity contribution in [2.75, 3.05) is 17.7 Å². The summed E-state index contributed by atoms with van der Waals surface area (Å²) >= 11 is 0. The van der Waals surface area contributed by atoms with Gasteiger partial charge in [-0.25, -0.2) is 14.8 Å². The number of nitrogens with one attached hydrogen (secondary N) is 2. The van der Waals surface area contributed by atoms with Gasteiger partial charge in [0.1, 0.15) is 17.8 Å². The molecule has 7 nitrogen and oxygen atoms in total. The van der Waals surface area contributed by atoms with Crippen molar-refractivity contribution in [2.24, 2.45) is 0 Å². The van der Waals surface area contributed by atoms with Gasteiger partial charge in [0.05, 0.1) is 18.4 Å². The molecule has 2 aromatic carbocycles. The van der Waals surface area contributed by atoms with Gasteiger partial charge in [-0.3, -0.25) is 4.79 Å². The van der Waals surface area contributed by atoms with Gasteiger partial charge in [-0.1, -0.05) is 42.5 Å². The number of para-hydroxylation sites is 1. The SMILES string of the molecule is COC(=O)c1ccccc1NC(=O)c1cc(NC(C)c2ccccc2)ncn1. The molecule has 1 amide bonds. The first kappa shape index (κ1) is 19.0. The lowest BCUT2D eigenvalue weighted by atomic mass is 10.1. The summed E-state index contributed by atoms with van der Waals surface area (Å²) in [6.45, 7) is 2.00. The molecule has 3 rings (SSSR count). The molecule has 0 aliphatic carbocycles. The zero-order valence-electron chi connectivity index (χ0n) is 15.5. The number of hydrogen-bond acceptors (Lipinski definition) is 6. The Morgan fingerprint density at radius 3 is 2.46 bits per heavy atom. The zero-order valence-corrected chi connectivity index (χ0v) is 15.5. The fourth-order valence-corrected chi connectivity index (χ4v) is 2.67. The molecule has 0 fully saturated rings. The Hall–Kier alpha value is -3.74. The fourth-order valence-electron chi connectivity index (χ4n) is 2.67. The van der Waals surface area contributed by atoms with Crippen molar-refractivity contribution in [3.8, 4) is 0 Å². The average molecular weight is 376 g/mol. The number of amides is 1. The second-order valence-electron chi connectivity index (χ2n) is 6.06. The number of anilines is 2. The second kappa shape index (κ2) is 8.77. The number of benzene rings is 2. The van der Waals surface area contributed by atoms with E-state index in [0.717, 1.165) is 5.56 Å². The van der Waals surface area contributed by atoms with Gasteiger partial charge < -0.3 is 15.4 Å². The first-order valence-corrected chi connectivity index (χ1v) is 8.70. The van der Waals surface area contributed by atoms with Gasteiger partial charge >= 0.3 is 5.97 Å². The fraction of sp³-hybridized carbons (Fsp3) is 0.143. The topological polar surface area (TPSA) is 93.2 Å². The maximum absolute atomic E-state index is 12.6. The summed E-state index contributed by atoms with van der Waals surface area (Å²) < 4.78 is 4.74. The third-order valence-corrected chi connectivity index (χ3v) is 4.14. The van der Waals surface area contributed by atoms with E-state index in [0.29, 0.717) is 11.5 Å². The number of methoxy groups -OCH3 is 1. The molecule has 1 aromatic heterocycles. The normalized spacial score (nSPS) is 11.4. The van der Waals surface area contributed by atoms with E-state index in [1.807, 2.05) is 37.3 Å². The molecule has 1 atom stereocenters. The number of esters is 1. The van der Waals surface area contributed by atoms with Gasteiger partial charge in [0.25, 0.3) is 5.91 Å². The molecule has 0 bridgehead atoms. The van der Waals surface area contributed by atoms with Crippen LogP contribution in [0.25, 0.3) is 0 Å². The first-order chi connectivity index (χ1) is 13.6. The number of ether oxygens (including phenoxy) is 1. The van der Waals surface area contributed by atoms with Crippen molar-refractivity contribution >= 4 is 23.4 Å². The summed E-state index contributed by atoms with van der Waals surface area (Å²) in [5.74, 6) is -0.454. The molecule has 142 valence electrons. The standard InChI is InChI=1S/C21H20N4O3/c1-14(15-8-4-3-5-9-15)24-19-12-18(22-13-23-19)20(26)25-17-11-7-6-10-16(17)21(27)28-2/h3-14H,1-2H3,(H,25,26)(H,22,23,24). The maximum Gasteiger partial charge on any atom is 0.339 e. The van der Waals surface area contributed by atoms with Crippen LogP contribution in [0, 0.1) is 0 Å². The molecular formula is C21H20N4O3.